The second kappa shape index (κ2) is 8.79. The fourth-order valence-corrected chi connectivity index (χ4v) is 4.14. The third-order valence-corrected chi connectivity index (χ3v) is 6.10. The fourth-order valence-electron chi connectivity index (χ4n) is 4.14. The first-order valence-corrected chi connectivity index (χ1v) is 11.7. The SMILES string of the molecule is Cc1ccc(-c2nc3c4cnn(CCc5ccc(C(=O)Nc6ccccc6N)cc5)c4nc(N)n3n2)o1. The highest BCUT2D eigenvalue weighted by atomic mass is 16.3. The Kier molecular flexibility index (Phi) is 5.29. The van der Waals surface area contributed by atoms with Gasteiger partial charge in [-0.25, -0.2) is 9.67 Å². The van der Waals surface area contributed by atoms with Gasteiger partial charge in [-0.1, -0.05) is 24.3 Å². The third-order valence-electron chi connectivity index (χ3n) is 6.10. The number of anilines is 3. The Hall–Kier alpha value is -5.19. The first-order valence-electron chi connectivity index (χ1n) is 11.7. The number of para-hydroxylation sites is 2. The molecule has 0 unspecified atom stereocenters. The van der Waals surface area contributed by atoms with Crippen molar-refractivity contribution in [2.45, 2.75) is 19.9 Å². The van der Waals surface area contributed by atoms with Crippen LogP contribution in [0, 0.1) is 6.92 Å². The van der Waals surface area contributed by atoms with E-state index >= 15 is 0 Å². The zero-order chi connectivity index (χ0) is 25.5. The van der Waals surface area contributed by atoms with Crippen molar-refractivity contribution < 1.29 is 9.21 Å². The van der Waals surface area contributed by atoms with Crippen molar-refractivity contribution in [1.29, 1.82) is 0 Å². The number of hydrogen-bond donors (Lipinski definition) is 3. The van der Waals surface area contributed by atoms with Crippen LogP contribution in [0.15, 0.2) is 71.3 Å². The van der Waals surface area contributed by atoms with Crippen molar-refractivity contribution in [3.63, 3.8) is 0 Å². The molecule has 2 aromatic carbocycles. The van der Waals surface area contributed by atoms with E-state index in [4.69, 9.17) is 15.9 Å². The molecule has 0 atom stereocenters. The molecule has 0 saturated carbocycles. The van der Waals surface area contributed by atoms with Crippen LogP contribution < -0.4 is 16.8 Å². The molecule has 0 aliphatic carbocycles. The van der Waals surface area contributed by atoms with Gasteiger partial charge in [0.2, 0.25) is 11.8 Å². The number of nitrogens with zero attached hydrogens (tertiary/aromatic N) is 6. The number of amides is 1. The summed E-state index contributed by atoms with van der Waals surface area (Å²) in [6.07, 6.45) is 2.40. The highest BCUT2D eigenvalue weighted by Crippen LogP contribution is 2.25. The van der Waals surface area contributed by atoms with E-state index in [9.17, 15) is 4.79 Å². The van der Waals surface area contributed by atoms with Crippen LogP contribution >= 0.6 is 0 Å². The molecule has 11 nitrogen and oxygen atoms in total. The number of nitrogens with two attached hydrogens (primary N) is 2. The number of carbonyl (C=O) groups excluding carboxylic acids is 1. The van der Waals surface area contributed by atoms with Gasteiger partial charge in [0.05, 0.1) is 23.0 Å². The molecule has 0 fully saturated rings. The van der Waals surface area contributed by atoms with Gasteiger partial charge in [0.25, 0.3) is 5.91 Å². The van der Waals surface area contributed by atoms with Crippen LogP contribution in [0.5, 0.6) is 0 Å². The smallest absolute Gasteiger partial charge is 0.255 e. The van der Waals surface area contributed by atoms with Gasteiger partial charge in [-0.05, 0) is 55.3 Å². The molecule has 6 aromatic rings. The molecule has 11 heteroatoms. The third kappa shape index (κ3) is 4.12. The maximum absolute atomic E-state index is 12.6. The summed E-state index contributed by atoms with van der Waals surface area (Å²) in [4.78, 5) is 21.7. The van der Waals surface area contributed by atoms with Gasteiger partial charge in [0, 0.05) is 12.1 Å². The average Bonchev–Trinajstić information content (AvgIpc) is 3.63. The fraction of sp³-hybridized carbons (Fsp3) is 0.115. The lowest BCUT2D eigenvalue weighted by Gasteiger charge is -2.09. The lowest BCUT2D eigenvalue weighted by Crippen LogP contribution is -2.13. The second-order valence-electron chi connectivity index (χ2n) is 8.64. The van der Waals surface area contributed by atoms with Crippen molar-refractivity contribution in [2.24, 2.45) is 0 Å². The number of furan rings is 1. The molecule has 6 rings (SSSR count). The Labute approximate surface area is 210 Å². The molecule has 4 aromatic heterocycles. The number of nitrogen functional groups attached to an aromatic ring is 2. The van der Waals surface area contributed by atoms with Gasteiger partial charge in [-0.15, -0.1) is 5.10 Å². The van der Waals surface area contributed by atoms with E-state index in [1.807, 2.05) is 43.3 Å². The Bertz CT molecular complexity index is 1760. The van der Waals surface area contributed by atoms with Crippen molar-refractivity contribution in [3.8, 4) is 11.6 Å². The van der Waals surface area contributed by atoms with Crippen molar-refractivity contribution >= 4 is 39.9 Å². The van der Waals surface area contributed by atoms with Crippen LogP contribution in [0.1, 0.15) is 21.7 Å². The van der Waals surface area contributed by atoms with E-state index in [0.29, 0.717) is 52.8 Å². The molecule has 184 valence electrons. The van der Waals surface area contributed by atoms with Crippen LogP contribution in [0.25, 0.3) is 28.3 Å². The van der Waals surface area contributed by atoms with E-state index < -0.39 is 0 Å². The normalized spacial score (nSPS) is 11.4. The molecule has 4 heterocycles. The van der Waals surface area contributed by atoms with Gasteiger partial charge in [0.1, 0.15) is 5.76 Å². The number of fused-ring (bicyclic) bond motifs is 3. The van der Waals surface area contributed by atoms with Crippen molar-refractivity contribution in [2.75, 3.05) is 16.8 Å². The Morgan fingerprint density at radius 2 is 1.81 bits per heavy atom. The number of benzene rings is 2. The maximum Gasteiger partial charge on any atom is 0.255 e. The molecule has 0 aliphatic heterocycles. The average molecular weight is 494 g/mol. The largest absolute Gasteiger partial charge is 0.458 e. The zero-order valence-electron chi connectivity index (χ0n) is 19.9. The summed E-state index contributed by atoms with van der Waals surface area (Å²) in [7, 11) is 0. The summed E-state index contributed by atoms with van der Waals surface area (Å²) in [5.41, 5.74) is 16.0. The van der Waals surface area contributed by atoms with E-state index in [1.165, 1.54) is 4.52 Å². The van der Waals surface area contributed by atoms with Crippen LogP contribution in [-0.2, 0) is 13.0 Å². The topological polar surface area (TPSA) is 155 Å². The number of rotatable bonds is 6. The first-order chi connectivity index (χ1) is 18.0. The molecule has 0 aliphatic rings. The van der Waals surface area contributed by atoms with Crippen LogP contribution in [0.4, 0.5) is 17.3 Å². The number of carbonyl (C=O) groups is 1. The summed E-state index contributed by atoms with van der Waals surface area (Å²) < 4.78 is 8.93. The van der Waals surface area contributed by atoms with E-state index in [2.05, 4.69) is 25.5 Å². The summed E-state index contributed by atoms with van der Waals surface area (Å²) in [6, 6.07) is 18.3. The summed E-state index contributed by atoms with van der Waals surface area (Å²) in [6.45, 7) is 2.43. The van der Waals surface area contributed by atoms with Gasteiger partial charge >= 0.3 is 0 Å². The van der Waals surface area contributed by atoms with Crippen molar-refractivity contribution in [3.05, 3.63) is 83.7 Å². The Morgan fingerprint density at radius 3 is 2.57 bits per heavy atom. The number of aryl methyl sites for hydroxylation is 3. The lowest BCUT2D eigenvalue weighted by atomic mass is 10.1. The summed E-state index contributed by atoms with van der Waals surface area (Å²) in [5, 5.41) is 12.5. The summed E-state index contributed by atoms with van der Waals surface area (Å²) >= 11 is 0. The molecule has 1 amide bonds. The quantitative estimate of drug-likeness (QED) is 0.297. The van der Waals surface area contributed by atoms with Gasteiger partial charge in [-0.3, -0.25) is 4.79 Å². The minimum atomic E-state index is -0.219. The number of aromatic nitrogens is 6. The van der Waals surface area contributed by atoms with E-state index in [-0.39, 0.29) is 11.9 Å². The number of hydrogen-bond acceptors (Lipinski definition) is 8. The van der Waals surface area contributed by atoms with E-state index in [1.54, 1.807) is 35.1 Å². The lowest BCUT2D eigenvalue weighted by molar-refractivity contribution is 0.102. The van der Waals surface area contributed by atoms with Crippen molar-refractivity contribution in [1.82, 2.24) is 29.4 Å². The molecule has 0 radical (unpaired) electrons. The minimum Gasteiger partial charge on any atom is -0.458 e. The van der Waals surface area contributed by atoms with Gasteiger partial charge in [-0.2, -0.15) is 14.6 Å². The van der Waals surface area contributed by atoms with Gasteiger partial charge in [0.15, 0.2) is 17.1 Å². The highest BCUT2D eigenvalue weighted by molar-refractivity contribution is 6.05. The molecular weight excluding hydrogens is 470 g/mol. The highest BCUT2D eigenvalue weighted by Gasteiger charge is 2.18. The minimum absolute atomic E-state index is 0.209. The Balaban J connectivity index is 1.20. The molecule has 37 heavy (non-hydrogen) atoms. The molecule has 0 saturated heterocycles. The monoisotopic (exact) mass is 493 g/mol. The molecular formula is C26H23N9O2. The van der Waals surface area contributed by atoms with Crippen LogP contribution in [0.2, 0.25) is 0 Å². The predicted molar refractivity (Wildman–Crippen MR) is 140 cm³/mol. The standard InChI is InChI=1S/C26H23N9O2/c1-15-6-11-21(37-15)22-31-24-18-14-29-34(23(18)32-26(28)35(24)33-22)13-12-16-7-9-17(10-8-16)25(36)30-20-5-3-2-4-19(20)27/h2-11,14H,12-13,27H2,1H3,(H2,28,32)(H,30,36). The van der Waals surface area contributed by atoms with E-state index in [0.717, 1.165) is 16.7 Å². The van der Waals surface area contributed by atoms with Gasteiger partial charge < -0.3 is 21.2 Å². The number of nitrogens with one attached hydrogen (secondary N) is 1. The van der Waals surface area contributed by atoms with Crippen LogP contribution in [0.3, 0.4) is 0 Å². The molecule has 5 N–H and O–H groups in total. The first kappa shape index (κ1) is 22.3. The zero-order valence-corrected chi connectivity index (χ0v) is 19.9. The summed E-state index contributed by atoms with van der Waals surface area (Å²) in [5.74, 6) is 1.75. The maximum atomic E-state index is 12.6. The van der Waals surface area contributed by atoms with Crippen LogP contribution in [-0.4, -0.2) is 35.3 Å². The molecule has 0 spiro atoms. The molecule has 0 bridgehead atoms. The second-order valence-corrected chi connectivity index (χ2v) is 8.64. The Morgan fingerprint density at radius 1 is 1.00 bits per heavy atom. The predicted octanol–water partition coefficient (Wildman–Crippen LogP) is 3.70.